The molecule has 2 heterocycles. The highest BCUT2D eigenvalue weighted by Gasteiger charge is 2.21. The van der Waals surface area contributed by atoms with Crippen LogP contribution in [0.1, 0.15) is 17.5 Å². The molecule has 0 saturated carbocycles. The minimum Gasteiger partial charge on any atom is -0.370 e. The van der Waals surface area contributed by atoms with Gasteiger partial charge in [0.05, 0.1) is 6.54 Å². The van der Waals surface area contributed by atoms with Gasteiger partial charge in [-0.3, -0.25) is 9.79 Å². The Kier molecular flexibility index (Phi) is 6.41. The van der Waals surface area contributed by atoms with Crippen molar-refractivity contribution in [1.82, 2.24) is 14.9 Å². The lowest BCUT2D eigenvalue weighted by molar-refractivity contribution is -0.131. The van der Waals surface area contributed by atoms with Gasteiger partial charge in [0.15, 0.2) is 5.96 Å². The highest BCUT2D eigenvalue weighted by molar-refractivity contribution is 5.92. The van der Waals surface area contributed by atoms with Gasteiger partial charge in [0.1, 0.15) is 0 Å². The van der Waals surface area contributed by atoms with Crippen LogP contribution in [0.15, 0.2) is 41.7 Å². The fourth-order valence-corrected chi connectivity index (χ4v) is 3.05. The number of amides is 1. The maximum atomic E-state index is 12.4. The Morgan fingerprint density at radius 3 is 2.54 bits per heavy atom. The van der Waals surface area contributed by atoms with E-state index >= 15 is 0 Å². The summed E-state index contributed by atoms with van der Waals surface area (Å²) in [7, 11) is 0. The van der Waals surface area contributed by atoms with E-state index in [0.717, 1.165) is 18.8 Å². The lowest BCUT2D eigenvalue weighted by Gasteiger charge is -2.34. The van der Waals surface area contributed by atoms with Gasteiger partial charge < -0.3 is 20.9 Å². The molecule has 8 nitrogen and oxygen atoms in total. The average Bonchev–Trinajstić information content (AvgIpc) is 2.71. The van der Waals surface area contributed by atoms with Crippen molar-refractivity contribution in [2.45, 2.75) is 20.3 Å². The number of aryl methyl sites for hydroxylation is 2. The second-order valence-electron chi connectivity index (χ2n) is 6.86. The molecule has 0 bridgehead atoms. The van der Waals surface area contributed by atoms with Crippen LogP contribution in [0.5, 0.6) is 0 Å². The van der Waals surface area contributed by atoms with Crippen LogP contribution in [0, 0.1) is 13.8 Å². The largest absolute Gasteiger partial charge is 0.370 e. The molecule has 1 fully saturated rings. The number of aliphatic imine (C=N–C) groups is 1. The summed E-state index contributed by atoms with van der Waals surface area (Å²) < 4.78 is 0. The zero-order valence-corrected chi connectivity index (χ0v) is 16.4. The predicted molar refractivity (Wildman–Crippen MR) is 111 cm³/mol. The van der Waals surface area contributed by atoms with Gasteiger partial charge in [0.2, 0.25) is 11.9 Å². The van der Waals surface area contributed by atoms with Gasteiger partial charge in [-0.05, 0) is 43.2 Å². The van der Waals surface area contributed by atoms with E-state index in [1.54, 1.807) is 18.5 Å². The minimum absolute atomic E-state index is 0.0939. The number of nitrogens with zero attached hydrogens (tertiary/aromatic N) is 5. The first-order valence-electron chi connectivity index (χ1n) is 9.47. The number of aromatic nitrogens is 2. The number of benzene rings is 1. The zero-order valence-electron chi connectivity index (χ0n) is 16.4. The number of nitrogens with one attached hydrogen (secondary N) is 1. The molecular weight excluding hydrogens is 354 g/mol. The first kappa shape index (κ1) is 19.6. The van der Waals surface area contributed by atoms with Crippen LogP contribution in [0.25, 0.3) is 0 Å². The van der Waals surface area contributed by atoms with Gasteiger partial charge in [-0.1, -0.05) is 6.07 Å². The van der Waals surface area contributed by atoms with E-state index in [2.05, 4.69) is 39.0 Å². The highest BCUT2D eigenvalue weighted by Crippen LogP contribution is 2.14. The Labute approximate surface area is 165 Å². The van der Waals surface area contributed by atoms with E-state index in [-0.39, 0.29) is 5.91 Å². The molecule has 0 atom stereocenters. The summed E-state index contributed by atoms with van der Waals surface area (Å²) in [5.41, 5.74) is 9.25. The van der Waals surface area contributed by atoms with E-state index in [4.69, 9.17) is 5.73 Å². The van der Waals surface area contributed by atoms with Crippen molar-refractivity contribution in [3.8, 4) is 0 Å². The third-order valence-electron chi connectivity index (χ3n) is 4.85. The van der Waals surface area contributed by atoms with Gasteiger partial charge in [0.25, 0.3) is 0 Å². The van der Waals surface area contributed by atoms with Crippen LogP contribution < -0.4 is 16.0 Å². The summed E-state index contributed by atoms with van der Waals surface area (Å²) in [6.45, 7) is 7.27. The fraction of sp³-hybridized carbons (Fsp3) is 0.400. The molecule has 28 heavy (non-hydrogen) atoms. The van der Waals surface area contributed by atoms with Crippen LogP contribution >= 0.6 is 0 Å². The molecule has 0 radical (unpaired) electrons. The summed E-state index contributed by atoms with van der Waals surface area (Å²) in [6, 6.07) is 7.82. The van der Waals surface area contributed by atoms with Gasteiger partial charge in [-0.15, -0.1) is 0 Å². The first-order chi connectivity index (χ1) is 13.5. The molecular formula is C20H27N7O. The van der Waals surface area contributed by atoms with E-state index in [1.807, 2.05) is 23.1 Å². The summed E-state index contributed by atoms with van der Waals surface area (Å²) in [5, 5.41) is 3.07. The molecule has 3 N–H and O–H groups in total. The number of rotatable bonds is 5. The summed E-state index contributed by atoms with van der Waals surface area (Å²) in [6.07, 6.45) is 3.81. The van der Waals surface area contributed by atoms with E-state index in [0.29, 0.717) is 38.0 Å². The molecule has 1 saturated heterocycles. The van der Waals surface area contributed by atoms with Crippen molar-refractivity contribution >= 4 is 23.5 Å². The van der Waals surface area contributed by atoms with Crippen LogP contribution in [0.2, 0.25) is 0 Å². The molecule has 0 aliphatic carbocycles. The molecule has 3 rings (SSSR count). The van der Waals surface area contributed by atoms with Gasteiger partial charge in [-0.2, -0.15) is 0 Å². The van der Waals surface area contributed by atoms with Gasteiger partial charge >= 0.3 is 0 Å². The van der Waals surface area contributed by atoms with Crippen molar-refractivity contribution in [2.75, 3.05) is 42.9 Å². The second kappa shape index (κ2) is 9.16. The molecule has 1 aromatic heterocycles. The van der Waals surface area contributed by atoms with Crippen molar-refractivity contribution < 1.29 is 4.79 Å². The van der Waals surface area contributed by atoms with Crippen molar-refractivity contribution in [2.24, 2.45) is 10.7 Å². The summed E-state index contributed by atoms with van der Waals surface area (Å²) >= 11 is 0. The van der Waals surface area contributed by atoms with Crippen LogP contribution in [-0.4, -0.2) is 59.5 Å². The van der Waals surface area contributed by atoms with Gasteiger partial charge in [-0.25, -0.2) is 9.97 Å². The molecule has 1 aliphatic heterocycles. The Bertz CT molecular complexity index is 830. The number of carbonyl (C=O) groups is 1. The quantitative estimate of drug-likeness (QED) is 0.602. The maximum absolute atomic E-state index is 12.4. The zero-order chi connectivity index (χ0) is 19.9. The Morgan fingerprint density at radius 1 is 1.14 bits per heavy atom. The minimum atomic E-state index is 0.0939. The molecule has 0 spiro atoms. The topological polar surface area (TPSA) is 99.7 Å². The molecule has 148 valence electrons. The van der Waals surface area contributed by atoms with Crippen LogP contribution in [-0.2, 0) is 4.79 Å². The standard InChI is InChI=1S/C20H27N7O/c1-15-4-5-17(14-16(15)2)25-19(21)22-9-6-18(28)26-10-12-27(13-11-26)20-23-7-3-8-24-20/h3-5,7-8,14H,6,9-13H2,1-2H3,(H3,21,22,25). The molecule has 0 unspecified atom stereocenters. The van der Waals surface area contributed by atoms with Crippen molar-refractivity contribution in [3.63, 3.8) is 0 Å². The van der Waals surface area contributed by atoms with E-state index < -0.39 is 0 Å². The Morgan fingerprint density at radius 2 is 1.86 bits per heavy atom. The number of carbonyl (C=O) groups excluding carboxylic acids is 1. The third kappa shape index (κ3) is 5.18. The number of piperazine rings is 1. The number of anilines is 2. The average molecular weight is 381 g/mol. The third-order valence-corrected chi connectivity index (χ3v) is 4.85. The normalized spacial score (nSPS) is 14.9. The molecule has 2 aromatic rings. The Hall–Kier alpha value is -3.16. The number of guanidine groups is 1. The van der Waals surface area contributed by atoms with Crippen LogP contribution in [0.4, 0.5) is 11.6 Å². The monoisotopic (exact) mass is 381 g/mol. The fourth-order valence-electron chi connectivity index (χ4n) is 3.05. The SMILES string of the molecule is Cc1ccc(NC(N)=NCCC(=O)N2CCN(c3ncccn3)CC2)cc1C. The maximum Gasteiger partial charge on any atom is 0.225 e. The molecule has 1 amide bonds. The van der Waals surface area contributed by atoms with Gasteiger partial charge in [0, 0.05) is 50.7 Å². The molecule has 8 heteroatoms. The molecule has 1 aromatic carbocycles. The number of nitrogens with two attached hydrogens (primary N) is 1. The first-order valence-corrected chi connectivity index (χ1v) is 9.47. The van der Waals surface area contributed by atoms with Crippen molar-refractivity contribution in [3.05, 3.63) is 47.8 Å². The van der Waals surface area contributed by atoms with E-state index in [9.17, 15) is 4.79 Å². The predicted octanol–water partition coefficient (Wildman–Crippen LogP) is 1.56. The van der Waals surface area contributed by atoms with Crippen LogP contribution in [0.3, 0.4) is 0 Å². The lowest BCUT2D eigenvalue weighted by Crippen LogP contribution is -2.49. The highest BCUT2D eigenvalue weighted by atomic mass is 16.2. The number of hydrogen-bond acceptors (Lipinski definition) is 5. The number of hydrogen-bond donors (Lipinski definition) is 2. The van der Waals surface area contributed by atoms with Crippen molar-refractivity contribution in [1.29, 1.82) is 0 Å². The second-order valence-corrected chi connectivity index (χ2v) is 6.86. The lowest BCUT2D eigenvalue weighted by atomic mass is 10.1. The summed E-state index contributed by atoms with van der Waals surface area (Å²) in [5.74, 6) is 1.13. The van der Waals surface area contributed by atoms with E-state index in [1.165, 1.54) is 11.1 Å². The molecule has 1 aliphatic rings. The smallest absolute Gasteiger partial charge is 0.225 e. The summed E-state index contributed by atoms with van der Waals surface area (Å²) in [4.78, 5) is 29.2. The Balaban J connectivity index is 1.42.